The topological polar surface area (TPSA) is 115 Å². The van der Waals surface area contributed by atoms with Crippen molar-refractivity contribution >= 4 is 26.8 Å². The summed E-state index contributed by atoms with van der Waals surface area (Å²) in [6.07, 6.45) is -5.40. The Morgan fingerprint density at radius 2 is 2.00 bits per heavy atom. The van der Waals surface area contributed by atoms with Crippen LogP contribution in [0.3, 0.4) is 0 Å². The van der Waals surface area contributed by atoms with E-state index in [1.54, 1.807) is 0 Å². The van der Waals surface area contributed by atoms with Gasteiger partial charge in [-0.2, -0.15) is 12.6 Å². The van der Waals surface area contributed by atoms with Crippen molar-refractivity contribution in [2.75, 3.05) is 0 Å². The number of aromatic nitrogens is 2. The average molecular weight is 311 g/mol. The molecule has 0 atom stereocenters. The van der Waals surface area contributed by atoms with Gasteiger partial charge in [-0.15, -0.1) is 13.2 Å². The molecule has 0 aliphatic carbocycles. The van der Waals surface area contributed by atoms with E-state index < -0.39 is 26.6 Å². The molecule has 12 heteroatoms. The summed E-state index contributed by atoms with van der Waals surface area (Å²) in [7, 11) is -5.17. The van der Waals surface area contributed by atoms with Crippen LogP contribution in [0, 0.1) is 10.1 Å². The number of hydrogen-bond donors (Lipinski definition) is 1. The van der Waals surface area contributed by atoms with E-state index in [0.717, 1.165) is 18.2 Å². The minimum atomic E-state index is -5.40. The van der Waals surface area contributed by atoms with Crippen molar-refractivity contribution in [3.63, 3.8) is 0 Å². The predicted molar refractivity (Wildman–Crippen MR) is 57.1 cm³/mol. The van der Waals surface area contributed by atoms with Crippen molar-refractivity contribution in [1.82, 2.24) is 9.97 Å². The van der Waals surface area contributed by atoms with Gasteiger partial charge in [-0.05, 0) is 6.07 Å². The Balaban J connectivity index is 2.49. The van der Waals surface area contributed by atoms with Crippen LogP contribution in [-0.2, 0) is 14.3 Å². The number of nitro groups is 1. The quantitative estimate of drug-likeness (QED) is 0.524. The lowest BCUT2D eigenvalue weighted by Crippen LogP contribution is -2.20. The van der Waals surface area contributed by atoms with Gasteiger partial charge >= 0.3 is 16.5 Å². The molecule has 108 valence electrons. The molecule has 2 aromatic rings. The first-order valence-corrected chi connectivity index (χ1v) is 6.16. The third-order valence-electron chi connectivity index (χ3n) is 2.10. The molecule has 0 fully saturated rings. The van der Waals surface area contributed by atoms with Gasteiger partial charge in [0.05, 0.1) is 16.0 Å². The molecule has 0 saturated carbocycles. The van der Waals surface area contributed by atoms with Crippen molar-refractivity contribution in [3.05, 3.63) is 28.3 Å². The van der Waals surface area contributed by atoms with Gasteiger partial charge in [0, 0.05) is 12.1 Å². The Hall–Kier alpha value is -2.21. The second kappa shape index (κ2) is 4.42. The maximum atomic E-state index is 11.9. The summed E-state index contributed by atoms with van der Waals surface area (Å²) in [5, 5.41) is 9.42. The number of H-pyrrole nitrogens is 1. The average Bonchev–Trinajstić information content (AvgIpc) is 2.68. The molecule has 2 rings (SSSR count). The van der Waals surface area contributed by atoms with Gasteiger partial charge in [0.15, 0.2) is 0 Å². The Morgan fingerprint density at radius 1 is 1.35 bits per heavy atom. The number of aromatic amines is 1. The number of nitrogens with zero attached hydrogens (tertiary/aromatic N) is 2. The van der Waals surface area contributed by atoms with Crippen LogP contribution >= 0.6 is 0 Å². The summed E-state index contributed by atoms with van der Waals surface area (Å²) in [5.74, 6) is 0. The summed E-state index contributed by atoms with van der Waals surface area (Å²) in [4.78, 5) is 15.2. The molecule has 1 aromatic heterocycles. The Bertz CT molecular complexity index is 782. The number of rotatable bonds is 3. The molecule has 0 spiro atoms. The first kappa shape index (κ1) is 14.2. The fourth-order valence-corrected chi connectivity index (χ4v) is 2.14. The highest BCUT2D eigenvalue weighted by Gasteiger charge is 2.39. The normalized spacial score (nSPS) is 12.8. The van der Waals surface area contributed by atoms with E-state index in [1.807, 2.05) is 0 Å². The number of hydrogen-bond acceptors (Lipinski definition) is 6. The van der Waals surface area contributed by atoms with Crippen molar-refractivity contribution in [3.8, 4) is 0 Å². The van der Waals surface area contributed by atoms with Crippen LogP contribution in [0.15, 0.2) is 23.4 Å². The molecule has 1 aromatic carbocycles. The van der Waals surface area contributed by atoms with Crippen LogP contribution in [0.2, 0.25) is 0 Å². The zero-order valence-corrected chi connectivity index (χ0v) is 10.0. The van der Waals surface area contributed by atoms with Gasteiger partial charge in [-0.25, -0.2) is 4.98 Å². The SMILES string of the molecule is O=[N+]([O-])c1ccc2[nH]c(S(=O)(=O)OC(F)(F)F)nc2c1. The van der Waals surface area contributed by atoms with Crippen LogP contribution in [-0.4, -0.2) is 29.7 Å². The van der Waals surface area contributed by atoms with E-state index in [9.17, 15) is 31.7 Å². The first-order chi connectivity index (χ1) is 9.08. The van der Waals surface area contributed by atoms with Crippen molar-refractivity contribution in [2.45, 2.75) is 11.5 Å². The maximum absolute atomic E-state index is 11.9. The summed E-state index contributed by atoms with van der Waals surface area (Å²) >= 11 is 0. The molecule has 0 unspecified atom stereocenters. The van der Waals surface area contributed by atoms with Gasteiger partial charge in [0.2, 0.25) is 0 Å². The number of non-ortho nitro benzene ring substituents is 1. The largest absolute Gasteiger partial charge is 0.537 e. The minimum Gasteiger partial charge on any atom is -0.327 e. The lowest BCUT2D eigenvalue weighted by molar-refractivity contribution is -0.384. The fourth-order valence-electron chi connectivity index (χ4n) is 1.37. The number of alkyl halides is 3. The van der Waals surface area contributed by atoms with E-state index in [0.29, 0.717) is 0 Å². The van der Waals surface area contributed by atoms with Crippen LogP contribution < -0.4 is 0 Å². The van der Waals surface area contributed by atoms with Crippen LogP contribution in [0.25, 0.3) is 11.0 Å². The first-order valence-electron chi connectivity index (χ1n) is 4.75. The monoisotopic (exact) mass is 311 g/mol. The van der Waals surface area contributed by atoms with E-state index in [2.05, 4.69) is 14.2 Å². The lowest BCUT2D eigenvalue weighted by Gasteiger charge is -2.04. The van der Waals surface area contributed by atoms with E-state index in [1.165, 1.54) is 0 Å². The molecule has 1 heterocycles. The van der Waals surface area contributed by atoms with Crippen LogP contribution in [0.5, 0.6) is 0 Å². The molecule has 8 nitrogen and oxygen atoms in total. The minimum absolute atomic E-state index is 0.0138. The van der Waals surface area contributed by atoms with E-state index in [4.69, 9.17) is 0 Å². The van der Waals surface area contributed by atoms with Gasteiger partial charge in [0.1, 0.15) is 0 Å². The summed E-state index contributed by atoms with van der Waals surface area (Å²) < 4.78 is 61.3. The Morgan fingerprint density at radius 3 is 2.55 bits per heavy atom. The number of fused-ring (bicyclic) bond motifs is 1. The summed E-state index contributed by atoms with van der Waals surface area (Å²) in [5.41, 5.74) is -0.548. The third-order valence-corrected chi connectivity index (χ3v) is 3.17. The molecular weight excluding hydrogens is 307 g/mol. The molecule has 0 amide bonds. The second-order valence-electron chi connectivity index (χ2n) is 3.48. The highest BCUT2D eigenvalue weighted by atomic mass is 32.2. The fraction of sp³-hybridized carbons (Fsp3) is 0.125. The van der Waals surface area contributed by atoms with Gasteiger partial charge in [-0.3, -0.25) is 10.1 Å². The van der Waals surface area contributed by atoms with Crippen molar-refractivity contribution < 1.29 is 30.7 Å². The van der Waals surface area contributed by atoms with Crippen LogP contribution in [0.4, 0.5) is 18.9 Å². The van der Waals surface area contributed by atoms with E-state index in [-0.39, 0.29) is 16.7 Å². The molecule has 0 saturated heterocycles. The number of halogens is 3. The predicted octanol–water partition coefficient (Wildman–Crippen LogP) is 1.70. The molecule has 0 radical (unpaired) electrons. The second-order valence-corrected chi connectivity index (χ2v) is 4.95. The number of nitrogens with one attached hydrogen (secondary N) is 1. The molecule has 0 bridgehead atoms. The zero-order valence-electron chi connectivity index (χ0n) is 9.21. The van der Waals surface area contributed by atoms with Gasteiger partial charge in [0.25, 0.3) is 10.8 Å². The summed E-state index contributed by atoms with van der Waals surface area (Å²) in [6.45, 7) is 0. The third kappa shape index (κ3) is 2.85. The van der Waals surface area contributed by atoms with Gasteiger partial charge in [-0.1, -0.05) is 0 Å². The van der Waals surface area contributed by atoms with E-state index >= 15 is 0 Å². The molecule has 0 aliphatic heterocycles. The highest BCUT2D eigenvalue weighted by Crippen LogP contribution is 2.25. The Labute approximate surface area is 108 Å². The number of imidazole rings is 1. The molecule has 1 N–H and O–H groups in total. The molecule has 0 aliphatic rings. The lowest BCUT2D eigenvalue weighted by atomic mass is 10.3. The smallest absolute Gasteiger partial charge is 0.327 e. The maximum Gasteiger partial charge on any atom is 0.537 e. The Kier molecular flexibility index (Phi) is 3.14. The standard InChI is InChI=1S/C8H4F3N3O5S/c9-8(10,11)19-20(17,18)7-12-5-2-1-4(14(15)16)3-6(5)13-7/h1-3H,(H,12,13). The summed E-state index contributed by atoms with van der Waals surface area (Å²) in [6, 6.07) is 3.08. The molecule has 20 heavy (non-hydrogen) atoms. The number of nitro benzene ring substituents is 1. The van der Waals surface area contributed by atoms with Gasteiger partial charge < -0.3 is 4.98 Å². The van der Waals surface area contributed by atoms with Crippen molar-refractivity contribution in [2.24, 2.45) is 0 Å². The number of benzene rings is 1. The molecular formula is C8H4F3N3O5S. The van der Waals surface area contributed by atoms with Crippen molar-refractivity contribution in [1.29, 1.82) is 0 Å². The highest BCUT2D eigenvalue weighted by molar-refractivity contribution is 7.86. The zero-order chi connectivity index (χ0) is 15.1. The van der Waals surface area contributed by atoms with Crippen LogP contribution in [0.1, 0.15) is 0 Å².